The highest BCUT2D eigenvalue weighted by atomic mass is 35.5. The Morgan fingerprint density at radius 2 is 1.63 bits per heavy atom. The summed E-state index contributed by atoms with van der Waals surface area (Å²) in [6.45, 7) is 3.59. The van der Waals surface area contributed by atoms with Crippen LogP contribution in [0.3, 0.4) is 0 Å². The molecule has 2 aromatic rings. The lowest BCUT2D eigenvalue weighted by Crippen LogP contribution is -2.04. The van der Waals surface area contributed by atoms with Crippen LogP contribution in [0.2, 0.25) is 0 Å². The minimum atomic E-state index is -0.706. The van der Waals surface area contributed by atoms with Crippen molar-refractivity contribution >= 4 is 11.6 Å². The van der Waals surface area contributed by atoms with E-state index in [0.717, 1.165) is 11.1 Å². The van der Waals surface area contributed by atoms with Gasteiger partial charge in [0, 0.05) is 5.56 Å². The maximum absolute atomic E-state index is 14.0. The molecule has 0 fully saturated rings. The third-order valence-electron chi connectivity index (χ3n) is 3.17. The van der Waals surface area contributed by atoms with E-state index in [1.165, 1.54) is 12.1 Å². The standard InChI is InChI=1S/C16H15ClF2/c1-10-3-6-12(7-4-10)9-13(17)15-14(18)8-5-11(2)16(15)19/h3-8,13H,9H2,1-2H3. The van der Waals surface area contributed by atoms with E-state index in [-0.39, 0.29) is 5.56 Å². The summed E-state index contributed by atoms with van der Waals surface area (Å²) in [7, 11) is 0. The summed E-state index contributed by atoms with van der Waals surface area (Å²) < 4.78 is 27.7. The van der Waals surface area contributed by atoms with E-state index in [2.05, 4.69) is 0 Å². The first-order valence-corrected chi connectivity index (χ1v) is 6.57. The Morgan fingerprint density at radius 3 is 2.26 bits per heavy atom. The van der Waals surface area contributed by atoms with Crippen molar-refractivity contribution in [3.05, 3.63) is 70.3 Å². The number of benzene rings is 2. The molecule has 100 valence electrons. The van der Waals surface area contributed by atoms with E-state index in [0.29, 0.717) is 12.0 Å². The molecule has 1 atom stereocenters. The highest BCUT2D eigenvalue weighted by Gasteiger charge is 2.19. The highest BCUT2D eigenvalue weighted by Crippen LogP contribution is 2.30. The Labute approximate surface area is 117 Å². The van der Waals surface area contributed by atoms with E-state index >= 15 is 0 Å². The summed E-state index contributed by atoms with van der Waals surface area (Å²) in [4.78, 5) is 0. The molecule has 0 bridgehead atoms. The summed E-state index contributed by atoms with van der Waals surface area (Å²) in [6.07, 6.45) is 0.402. The van der Waals surface area contributed by atoms with E-state index in [1.807, 2.05) is 31.2 Å². The number of alkyl halides is 1. The predicted octanol–water partition coefficient (Wildman–Crippen LogP) is 5.10. The Morgan fingerprint density at radius 1 is 1.00 bits per heavy atom. The van der Waals surface area contributed by atoms with Gasteiger partial charge in [-0.1, -0.05) is 35.9 Å². The molecule has 0 saturated carbocycles. The number of aryl methyl sites for hydroxylation is 2. The second kappa shape index (κ2) is 5.70. The van der Waals surface area contributed by atoms with Crippen LogP contribution in [0.15, 0.2) is 36.4 Å². The van der Waals surface area contributed by atoms with Crippen molar-refractivity contribution in [3.8, 4) is 0 Å². The molecule has 3 heteroatoms. The Balaban J connectivity index is 2.27. The summed E-state index contributed by atoms with van der Waals surface area (Å²) in [5.41, 5.74) is 2.47. The lowest BCUT2D eigenvalue weighted by molar-refractivity contribution is 0.545. The molecule has 0 amide bonds. The largest absolute Gasteiger partial charge is 0.207 e. The molecule has 0 aliphatic rings. The first-order chi connectivity index (χ1) is 8.99. The monoisotopic (exact) mass is 280 g/mol. The molecule has 0 heterocycles. The van der Waals surface area contributed by atoms with Gasteiger partial charge < -0.3 is 0 Å². The van der Waals surface area contributed by atoms with Gasteiger partial charge in [-0.15, -0.1) is 11.6 Å². The van der Waals surface area contributed by atoms with Crippen LogP contribution in [0.1, 0.15) is 27.6 Å². The van der Waals surface area contributed by atoms with E-state index in [1.54, 1.807) is 6.92 Å². The van der Waals surface area contributed by atoms with Crippen molar-refractivity contribution in [2.45, 2.75) is 25.6 Å². The van der Waals surface area contributed by atoms with Crippen molar-refractivity contribution in [2.75, 3.05) is 0 Å². The van der Waals surface area contributed by atoms with Crippen molar-refractivity contribution in [3.63, 3.8) is 0 Å². The summed E-state index contributed by atoms with van der Waals surface area (Å²) in [5.74, 6) is -1.14. The normalized spacial score (nSPS) is 12.5. The summed E-state index contributed by atoms with van der Waals surface area (Å²) in [5, 5.41) is -0.706. The van der Waals surface area contributed by atoms with Gasteiger partial charge in [0.1, 0.15) is 11.6 Å². The predicted molar refractivity (Wildman–Crippen MR) is 74.6 cm³/mol. The minimum Gasteiger partial charge on any atom is -0.207 e. The van der Waals surface area contributed by atoms with Crippen molar-refractivity contribution in [1.29, 1.82) is 0 Å². The molecule has 2 aromatic carbocycles. The van der Waals surface area contributed by atoms with Crippen molar-refractivity contribution < 1.29 is 8.78 Å². The number of rotatable bonds is 3. The highest BCUT2D eigenvalue weighted by molar-refractivity contribution is 6.21. The molecule has 19 heavy (non-hydrogen) atoms. The molecule has 0 aromatic heterocycles. The zero-order valence-electron chi connectivity index (χ0n) is 10.9. The van der Waals surface area contributed by atoms with Crippen LogP contribution in [0.25, 0.3) is 0 Å². The van der Waals surface area contributed by atoms with E-state index in [9.17, 15) is 8.78 Å². The first-order valence-electron chi connectivity index (χ1n) is 6.13. The molecule has 0 N–H and O–H groups in total. The zero-order chi connectivity index (χ0) is 14.0. The zero-order valence-corrected chi connectivity index (χ0v) is 11.6. The van der Waals surface area contributed by atoms with Crippen LogP contribution >= 0.6 is 11.6 Å². The molecule has 0 radical (unpaired) electrons. The van der Waals surface area contributed by atoms with Crippen LogP contribution in [0.4, 0.5) is 8.78 Å². The quantitative estimate of drug-likeness (QED) is 0.686. The average Bonchev–Trinajstić information content (AvgIpc) is 2.37. The van der Waals surface area contributed by atoms with Gasteiger partial charge >= 0.3 is 0 Å². The second-order valence-electron chi connectivity index (χ2n) is 4.75. The molecule has 1 unspecified atom stereocenters. The Hall–Kier alpha value is -1.41. The van der Waals surface area contributed by atoms with Gasteiger partial charge in [0.2, 0.25) is 0 Å². The van der Waals surface area contributed by atoms with Gasteiger partial charge in [0.05, 0.1) is 5.38 Å². The fourth-order valence-electron chi connectivity index (χ4n) is 2.00. The SMILES string of the molecule is Cc1ccc(CC(Cl)c2c(F)ccc(C)c2F)cc1. The fraction of sp³-hybridized carbons (Fsp3) is 0.250. The molecule has 0 saturated heterocycles. The molecule has 0 nitrogen and oxygen atoms in total. The van der Waals surface area contributed by atoms with Gasteiger partial charge in [-0.3, -0.25) is 0 Å². The number of hydrogen-bond acceptors (Lipinski definition) is 0. The van der Waals surface area contributed by atoms with Gasteiger partial charge in [0.25, 0.3) is 0 Å². The third kappa shape index (κ3) is 3.13. The third-order valence-corrected chi connectivity index (χ3v) is 3.54. The maximum atomic E-state index is 14.0. The van der Waals surface area contributed by atoms with E-state index < -0.39 is 17.0 Å². The van der Waals surface area contributed by atoms with Crippen molar-refractivity contribution in [1.82, 2.24) is 0 Å². The molecular formula is C16H15ClF2. The molecule has 0 aliphatic heterocycles. The molecule has 0 aliphatic carbocycles. The van der Waals surface area contributed by atoms with Crippen molar-refractivity contribution in [2.24, 2.45) is 0 Å². The lowest BCUT2D eigenvalue weighted by atomic mass is 10.0. The van der Waals surface area contributed by atoms with Crippen LogP contribution in [0.5, 0.6) is 0 Å². The lowest BCUT2D eigenvalue weighted by Gasteiger charge is -2.13. The Kier molecular flexibility index (Phi) is 4.20. The fourth-order valence-corrected chi connectivity index (χ4v) is 2.38. The molecule has 0 spiro atoms. The minimum absolute atomic E-state index is 0.0396. The van der Waals surface area contributed by atoms with Gasteiger partial charge in [-0.25, -0.2) is 8.78 Å². The van der Waals surface area contributed by atoms with Gasteiger partial charge in [0.15, 0.2) is 0 Å². The van der Waals surface area contributed by atoms with E-state index in [4.69, 9.17) is 11.6 Å². The van der Waals surface area contributed by atoms with Gasteiger partial charge in [-0.2, -0.15) is 0 Å². The summed E-state index contributed by atoms with van der Waals surface area (Å²) >= 11 is 6.18. The topological polar surface area (TPSA) is 0 Å². The van der Waals surface area contributed by atoms with Crippen LogP contribution in [-0.2, 0) is 6.42 Å². The first kappa shape index (κ1) is 14.0. The smallest absolute Gasteiger partial charge is 0.133 e. The molecular weight excluding hydrogens is 266 g/mol. The van der Waals surface area contributed by atoms with Crippen LogP contribution < -0.4 is 0 Å². The van der Waals surface area contributed by atoms with Crippen LogP contribution in [-0.4, -0.2) is 0 Å². The molecule has 2 rings (SSSR count). The van der Waals surface area contributed by atoms with Gasteiger partial charge in [-0.05, 0) is 37.5 Å². The number of hydrogen-bond donors (Lipinski definition) is 0. The average molecular weight is 281 g/mol. The summed E-state index contributed by atoms with van der Waals surface area (Å²) in [6, 6.07) is 10.5. The second-order valence-corrected chi connectivity index (χ2v) is 5.28. The Bertz CT molecular complexity index is 576. The maximum Gasteiger partial charge on any atom is 0.133 e. The number of halogens is 3. The van der Waals surface area contributed by atoms with Crippen LogP contribution in [0, 0.1) is 25.5 Å².